The third-order valence-corrected chi connectivity index (χ3v) is 3.28. The van der Waals surface area contributed by atoms with Crippen molar-refractivity contribution in [3.05, 3.63) is 46.8 Å². The zero-order chi connectivity index (χ0) is 13.3. The van der Waals surface area contributed by atoms with E-state index in [4.69, 9.17) is 5.11 Å². The average Bonchev–Trinajstić information content (AvgIpc) is 2.80. The molecule has 0 unspecified atom stereocenters. The summed E-state index contributed by atoms with van der Waals surface area (Å²) in [6.45, 7) is 0. The van der Waals surface area contributed by atoms with E-state index in [0.29, 0.717) is 10.4 Å². The van der Waals surface area contributed by atoms with Gasteiger partial charge in [-0.3, -0.25) is 0 Å². The van der Waals surface area contributed by atoms with Crippen molar-refractivity contribution in [2.24, 2.45) is 0 Å². The van der Waals surface area contributed by atoms with Crippen LogP contribution in [0.25, 0.3) is 10.4 Å². The molecular formula is C12H7F3O2S. The second kappa shape index (κ2) is 4.45. The van der Waals surface area contributed by atoms with Crippen molar-refractivity contribution in [3.63, 3.8) is 0 Å². The van der Waals surface area contributed by atoms with E-state index in [1.165, 1.54) is 17.4 Å². The molecule has 0 aliphatic carbocycles. The number of aromatic carboxylic acids is 1. The fourth-order valence-corrected chi connectivity index (χ4v) is 2.29. The summed E-state index contributed by atoms with van der Waals surface area (Å²) in [5, 5.41) is 10.5. The minimum atomic E-state index is -4.68. The SMILES string of the molecule is O=C(O)c1ccc(-c2cccs2)cc1C(F)(F)F. The Bertz CT molecular complexity index is 574. The Kier molecular flexibility index (Phi) is 3.13. The topological polar surface area (TPSA) is 37.3 Å². The van der Waals surface area contributed by atoms with Gasteiger partial charge in [0.1, 0.15) is 0 Å². The number of benzene rings is 1. The van der Waals surface area contributed by atoms with Gasteiger partial charge in [0.25, 0.3) is 0 Å². The second-order valence-corrected chi connectivity index (χ2v) is 4.49. The van der Waals surface area contributed by atoms with Crippen molar-refractivity contribution in [1.29, 1.82) is 0 Å². The Hall–Kier alpha value is -1.82. The van der Waals surface area contributed by atoms with Gasteiger partial charge in [-0.2, -0.15) is 13.2 Å². The third kappa shape index (κ3) is 2.38. The molecular weight excluding hydrogens is 265 g/mol. The standard InChI is InChI=1S/C12H7F3O2S/c13-12(14,15)9-6-7(10-2-1-5-18-10)3-4-8(9)11(16)17/h1-6H,(H,16,17). The lowest BCUT2D eigenvalue weighted by Crippen LogP contribution is -2.12. The monoisotopic (exact) mass is 272 g/mol. The quantitative estimate of drug-likeness (QED) is 0.892. The first-order valence-corrected chi connectivity index (χ1v) is 5.76. The zero-order valence-electron chi connectivity index (χ0n) is 8.86. The first-order valence-electron chi connectivity index (χ1n) is 4.88. The maximum Gasteiger partial charge on any atom is 0.417 e. The van der Waals surface area contributed by atoms with Gasteiger partial charge in [-0.05, 0) is 29.1 Å². The Morgan fingerprint density at radius 2 is 1.94 bits per heavy atom. The predicted molar refractivity (Wildman–Crippen MR) is 61.7 cm³/mol. The van der Waals surface area contributed by atoms with E-state index in [-0.39, 0.29) is 0 Å². The van der Waals surface area contributed by atoms with E-state index in [0.717, 1.165) is 12.1 Å². The summed E-state index contributed by atoms with van der Waals surface area (Å²) in [6.07, 6.45) is -4.68. The van der Waals surface area contributed by atoms with Crippen molar-refractivity contribution in [2.75, 3.05) is 0 Å². The van der Waals surface area contributed by atoms with Crippen molar-refractivity contribution in [1.82, 2.24) is 0 Å². The molecule has 0 fully saturated rings. The van der Waals surface area contributed by atoms with Crippen LogP contribution in [-0.4, -0.2) is 11.1 Å². The number of thiophene rings is 1. The molecule has 0 saturated heterocycles. The lowest BCUT2D eigenvalue weighted by atomic mass is 10.0. The third-order valence-electron chi connectivity index (χ3n) is 2.36. The molecule has 1 heterocycles. The van der Waals surface area contributed by atoms with Gasteiger partial charge in [-0.15, -0.1) is 11.3 Å². The molecule has 2 aromatic rings. The van der Waals surface area contributed by atoms with Crippen LogP contribution in [0.3, 0.4) is 0 Å². The summed E-state index contributed by atoms with van der Waals surface area (Å²) in [4.78, 5) is 11.4. The Morgan fingerprint density at radius 3 is 2.44 bits per heavy atom. The highest BCUT2D eigenvalue weighted by Crippen LogP contribution is 2.36. The number of hydrogen-bond acceptors (Lipinski definition) is 2. The summed E-state index contributed by atoms with van der Waals surface area (Å²) < 4.78 is 38.3. The maximum atomic E-state index is 12.8. The van der Waals surface area contributed by atoms with E-state index in [2.05, 4.69) is 0 Å². The number of halogens is 3. The van der Waals surface area contributed by atoms with Gasteiger partial charge in [0, 0.05) is 4.88 Å². The molecule has 94 valence electrons. The predicted octanol–water partition coefficient (Wildman–Crippen LogP) is 4.13. The van der Waals surface area contributed by atoms with Gasteiger partial charge in [-0.25, -0.2) is 4.79 Å². The van der Waals surface area contributed by atoms with Crippen LogP contribution in [0, 0.1) is 0 Å². The highest BCUT2D eigenvalue weighted by Gasteiger charge is 2.35. The van der Waals surface area contributed by atoms with Crippen LogP contribution in [0.1, 0.15) is 15.9 Å². The number of carboxylic acid groups (broad SMARTS) is 1. The summed E-state index contributed by atoms with van der Waals surface area (Å²) in [6, 6.07) is 6.64. The number of alkyl halides is 3. The highest BCUT2D eigenvalue weighted by atomic mass is 32.1. The van der Waals surface area contributed by atoms with Gasteiger partial charge in [0.05, 0.1) is 11.1 Å². The van der Waals surface area contributed by atoms with E-state index < -0.39 is 23.3 Å². The van der Waals surface area contributed by atoms with Crippen molar-refractivity contribution < 1.29 is 23.1 Å². The summed E-state index contributed by atoms with van der Waals surface area (Å²) >= 11 is 1.29. The number of hydrogen-bond donors (Lipinski definition) is 1. The molecule has 0 amide bonds. The van der Waals surface area contributed by atoms with Crippen LogP contribution >= 0.6 is 11.3 Å². The van der Waals surface area contributed by atoms with Crippen LogP contribution in [0.2, 0.25) is 0 Å². The summed E-state index contributed by atoms with van der Waals surface area (Å²) in [5.74, 6) is -1.58. The molecule has 6 heteroatoms. The second-order valence-electron chi connectivity index (χ2n) is 3.54. The molecule has 1 N–H and O–H groups in total. The fourth-order valence-electron chi connectivity index (χ4n) is 1.56. The van der Waals surface area contributed by atoms with Crippen molar-refractivity contribution in [2.45, 2.75) is 6.18 Å². The van der Waals surface area contributed by atoms with Crippen LogP contribution in [0.15, 0.2) is 35.7 Å². The van der Waals surface area contributed by atoms with Gasteiger partial charge >= 0.3 is 12.1 Å². The molecule has 0 radical (unpaired) electrons. The Labute approximate surface area is 104 Å². The summed E-state index contributed by atoms with van der Waals surface area (Å²) in [7, 11) is 0. The molecule has 2 nitrogen and oxygen atoms in total. The number of carboxylic acids is 1. The van der Waals surface area contributed by atoms with E-state index in [1.54, 1.807) is 17.5 Å². The number of carbonyl (C=O) groups is 1. The first-order chi connectivity index (χ1) is 8.39. The van der Waals surface area contributed by atoms with Gasteiger partial charge in [0.15, 0.2) is 0 Å². The van der Waals surface area contributed by atoms with E-state index in [9.17, 15) is 18.0 Å². The smallest absolute Gasteiger partial charge is 0.417 e. The number of rotatable bonds is 2. The van der Waals surface area contributed by atoms with Crippen LogP contribution in [0.4, 0.5) is 13.2 Å². The minimum Gasteiger partial charge on any atom is -0.478 e. The average molecular weight is 272 g/mol. The van der Waals surface area contributed by atoms with Crippen molar-refractivity contribution in [3.8, 4) is 10.4 Å². The summed E-state index contributed by atoms with van der Waals surface area (Å²) in [5.41, 5.74) is -1.49. The molecule has 0 aliphatic rings. The Balaban J connectivity index is 2.60. The molecule has 0 bridgehead atoms. The van der Waals surface area contributed by atoms with Crippen molar-refractivity contribution >= 4 is 17.3 Å². The molecule has 0 atom stereocenters. The maximum absolute atomic E-state index is 12.8. The first kappa shape index (κ1) is 12.6. The normalized spacial score (nSPS) is 11.5. The molecule has 0 saturated carbocycles. The molecule has 0 spiro atoms. The van der Waals surface area contributed by atoms with Gasteiger partial charge in [0.2, 0.25) is 0 Å². The van der Waals surface area contributed by atoms with Gasteiger partial charge in [-0.1, -0.05) is 12.1 Å². The lowest BCUT2D eigenvalue weighted by Gasteiger charge is -2.11. The van der Waals surface area contributed by atoms with E-state index in [1.807, 2.05) is 0 Å². The molecule has 1 aromatic heterocycles. The highest BCUT2D eigenvalue weighted by molar-refractivity contribution is 7.13. The molecule has 1 aromatic carbocycles. The van der Waals surface area contributed by atoms with Crippen LogP contribution < -0.4 is 0 Å². The molecule has 2 rings (SSSR count). The molecule has 0 aliphatic heterocycles. The fraction of sp³-hybridized carbons (Fsp3) is 0.0833. The Morgan fingerprint density at radius 1 is 1.22 bits per heavy atom. The van der Waals surface area contributed by atoms with Crippen LogP contribution in [0.5, 0.6) is 0 Å². The van der Waals surface area contributed by atoms with E-state index >= 15 is 0 Å². The van der Waals surface area contributed by atoms with Gasteiger partial charge < -0.3 is 5.11 Å². The zero-order valence-corrected chi connectivity index (χ0v) is 9.68. The lowest BCUT2D eigenvalue weighted by molar-refractivity contribution is -0.138. The van der Waals surface area contributed by atoms with Crippen LogP contribution in [-0.2, 0) is 6.18 Å². The largest absolute Gasteiger partial charge is 0.478 e. The minimum absolute atomic E-state index is 0.363. The molecule has 18 heavy (non-hydrogen) atoms.